The number of nitrogens with zero attached hydrogens (tertiary/aromatic N) is 2. The summed E-state index contributed by atoms with van der Waals surface area (Å²) in [6.45, 7) is 3.55. The van der Waals surface area contributed by atoms with Crippen molar-refractivity contribution in [3.63, 3.8) is 0 Å². The molecular formula is C5H7N3. The first-order chi connectivity index (χ1) is 3.93. The molecule has 1 rings (SSSR count). The molecule has 3 nitrogen and oxygen atoms in total. The maximum atomic E-state index is 3.87. The van der Waals surface area contributed by atoms with Gasteiger partial charge in [-0.1, -0.05) is 6.08 Å². The summed E-state index contributed by atoms with van der Waals surface area (Å²) in [4.78, 5) is 3.87. The van der Waals surface area contributed by atoms with Crippen LogP contribution < -0.4 is 0 Å². The van der Waals surface area contributed by atoms with Crippen LogP contribution in [0.5, 0.6) is 0 Å². The van der Waals surface area contributed by atoms with Gasteiger partial charge in [-0.2, -0.15) is 5.10 Å². The predicted molar refractivity (Wildman–Crippen MR) is 30.3 cm³/mol. The first-order valence-electron chi connectivity index (χ1n) is 2.38. The molecule has 0 saturated carbocycles. The average molecular weight is 109 g/mol. The van der Waals surface area contributed by atoms with E-state index in [1.165, 1.54) is 6.33 Å². The zero-order valence-corrected chi connectivity index (χ0v) is 4.46. The molecule has 0 radical (unpaired) electrons. The lowest BCUT2D eigenvalue weighted by Gasteiger charge is -1.80. The maximum Gasteiger partial charge on any atom is 0.137 e. The van der Waals surface area contributed by atoms with Crippen molar-refractivity contribution < 1.29 is 0 Å². The molecule has 1 aromatic rings. The van der Waals surface area contributed by atoms with Gasteiger partial charge in [-0.25, -0.2) is 4.98 Å². The summed E-state index contributed by atoms with van der Waals surface area (Å²) < 4.78 is 0. The molecule has 42 valence electrons. The predicted octanol–water partition coefficient (Wildman–Crippen LogP) is 0.533. The van der Waals surface area contributed by atoms with E-state index in [1.807, 2.05) is 0 Å². The number of aromatic nitrogens is 3. The van der Waals surface area contributed by atoms with E-state index in [9.17, 15) is 0 Å². The first-order valence-corrected chi connectivity index (χ1v) is 2.38. The number of aromatic amines is 1. The SMILES string of the molecule is C=CCc1ncn[nH]1. The van der Waals surface area contributed by atoms with Crippen LogP contribution in [0.15, 0.2) is 19.0 Å². The average Bonchev–Trinajstić information content (AvgIpc) is 2.19. The molecule has 0 atom stereocenters. The Balaban J connectivity index is 2.62. The Labute approximate surface area is 47.5 Å². The number of rotatable bonds is 2. The standard InChI is InChI=1S/C5H7N3/c1-2-3-5-6-4-7-8-5/h2,4H,1,3H2,(H,6,7,8). The van der Waals surface area contributed by atoms with Gasteiger partial charge in [-0.05, 0) is 0 Å². The fourth-order valence-electron chi connectivity index (χ4n) is 0.466. The Morgan fingerprint density at radius 1 is 1.88 bits per heavy atom. The second kappa shape index (κ2) is 2.26. The molecule has 1 heterocycles. The summed E-state index contributed by atoms with van der Waals surface area (Å²) in [6, 6.07) is 0. The van der Waals surface area contributed by atoms with Gasteiger partial charge in [0, 0.05) is 6.42 Å². The lowest BCUT2D eigenvalue weighted by atomic mass is 10.4. The number of nitrogens with one attached hydrogen (secondary N) is 1. The van der Waals surface area contributed by atoms with Crippen LogP contribution in [0.4, 0.5) is 0 Å². The fourth-order valence-corrected chi connectivity index (χ4v) is 0.466. The first kappa shape index (κ1) is 5.03. The number of allylic oxidation sites excluding steroid dienone is 1. The van der Waals surface area contributed by atoms with Crippen molar-refractivity contribution in [3.8, 4) is 0 Å². The van der Waals surface area contributed by atoms with Gasteiger partial charge in [-0.3, -0.25) is 5.10 Å². The van der Waals surface area contributed by atoms with Crippen molar-refractivity contribution in [2.75, 3.05) is 0 Å². The summed E-state index contributed by atoms with van der Waals surface area (Å²) in [7, 11) is 0. The van der Waals surface area contributed by atoms with E-state index in [-0.39, 0.29) is 0 Å². The monoisotopic (exact) mass is 109 g/mol. The van der Waals surface area contributed by atoms with Gasteiger partial charge in [0.1, 0.15) is 12.2 Å². The third-order valence-corrected chi connectivity index (χ3v) is 0.803. The topological polar surface area (TPSA) is 41.6 Å². The normalized spacial score (nSPS) is 9.00. The highest BCUT2D eigenvalue weighted by atomic mass is 15.2. The molecule has 0 saturated heterocycles. The van der Waals surface area contributed by atoms with E-state index in [4.69, 9.17) is 0 Å². The van der Waals surface area contributed by atoms with Gasteiger partial charge in [0.2, 0.25) is 0 Å². The van der Waals surface area contributed by atoms with E-state index >= 15 is 0 Å². The minimum Gasteiger partial charge on any atom is -0.263 e. The van der Waals surface area contributed by atoms with Gasteiger partial charge in [0.15, 0.2) is 0 Å². The quantitative estimate of drug-likeness (QED) is 0.563. The molecule has 0 aliphatic rings. The Morgan fingerprint density at radius 3 is 3.25 bits per heavy atom. The lowest BCUT2D eigenvalue weighted by Crippen LogP contribution is -1.81. The zero-order chi connectivity index (χ0) is 5.82. The molecule has 0 amide bonds. The van der Waals surface area contributed by atoms with Crippen molar-refractivity contribution in [3.05, 3.63) is 24.8 Å². The van der Waals surface area contributed by atoms with E-state index in [0.717, 1.165) is 12.2 Å². The van der Waals surface area contributed by atoms with E-state index < -0.39 is 0 Å². The molecule has 0 fully saturated rings. The van der Waals surface area contributed by atoms with Crippen LogP contribution in [-0.4, -0.2) is 15.2 Å². The number of hydrogen-bond acceptors (Lipinski definition) is 2. The maximum absolute atomic E-state index is 3.87. The molecule has 0 bridgehead atoms. The van der Waals surface area contributed by atoms with Crippen molar-refractivity contribution >= 4 is 0 Å². The second-order valence-corrected chi connectivity index (χ2v) is 1.42. The van der Waals surface area contributed by atoms with Gasteiger partial charge in [0.05, 0.1) is 0 Å². The molecule has 1 aromatic heterocycles. The van der Waals surface area contributed by atoms with Crippen molar-refractivity contribution in [1.82, 2.24) is 15.2 Å². The van der Waals surface area contributed by atoms with Gasteiger partial charge < -0.3 is 0 Å². The summed E-state index contributed by atoms with van der Waals surface area (Å²) in [5.74, 6) is 0.861. The van der Waals surface area contributed by atoms with Crippen molar-refractivity contribution in [2.24, 2.45) is 0 Å². The van der Waals surface area contributed by atoms with Gasteiger partial charge >= 0.3 is 0 Å². The highest BCUT2D eigenvalue weighted by molar-refractivity contribution is 4.88. The minimum atomic E-state index is 0.764. The largest absolute Gasteiger partial charge is 0.263 e. The molecule has 1 N–H and O–H groups in total. The highest BCUT2D eigenvalue weighted by Crippen LogP contribution is 1.85. The van der Waals surface area contributed by atoms with Gasteiger partial charge in [-0.15, -0.1) is 6.58 Å². The third kappa shape index (κ3) is 0.932. The molecule has 0 aromatic carbocycles. The summed E-state index contributed by atoms with van der Waals surface area (Å²) in [6.07, 6.45) is 4.03. The van der Waals surface area contributed by atoms with Crippen LogP contribution >= 0.6 is 0 Å². The van der Waals surface area contributed by atoms with Gasteiger partial charge in [0.25, 0.3) is 0 Å². The Hall–Kier alpha value is -1.12. The fraction of sp³-hybridized carbons (Fsp3) is 0.200. The third-order valence-electron chi connectivity index (χ3n) is 0.803. The van der Waals surface area contributed by atoms with E-state index in [0.29, 0.717) is 0 Å². The molecule has 0 unspecified atom stereocenters. The Bertz CT molecular complexity index is 154. The lowest BCUT2D eigenvalue weighted by molar-refractivity contribution is 0.992. The second-order valence-electron chi connectivity index (χ2n) is 1.42. The van der Waals surface area contributed by atoms with Crippen LogP contribution in [-0.2, 0) is 6.42 Å². The molecule has 0 aliphatic heterocycles. The van der Waals surface area contributed by atoms with Crippen molar-refractivity contribution in [2.45, 2.75) is 6.42 Å². The number of hydrogen-bond donors (Lipinski definition) is 1. The Kier molecular flexibility index (Phi) is 1.42. The molecular weight excluding hydrogens is 102 g/mol. The Morgan fingerprint density at radius 2 is 2.75 bits per heavy atom. The van der Waals surface area contributed by atoms with Crippen LogP contribution in [0, 0.1) is 0 Å². The summed E-state index contributed by atoms with van der Waals surface area (Å²) in [5.41, 5.74) is 0. The molecule has 3 heteroatoms. The molecule has 8 heavy (non-hydrogen) atoms. The smallest absolute Gasteiger partial charge is 0.137 e. The van der Waals surface area contributed by atoms with Crippen LogP contribution in [0.3, 0.4) is 0 Å². The number of H-pyrrole nitrogens is 1. The van der Waals surface area contributed by atoms with E-state index in [2.05, 4.69) is 21.8 Å². The van der Waals surface area contributed by atoms with Crippen LogP contribution in [0.1, 0.15) is 5.82 Å². The van der Waals surface area contributed by atoms with E-state index in [1.54, 1.807) is 6.08 Å². The zero-order valence-electron chi connectivity index (χ0n) is 4.46. The summed E-state index contributed by atoms with van der Waals surface area (Å²) >= 11 is 0. The summed E-state index contributed by atoms with van der Waals surface area (Å²) in [5, 5.41) is 6.36. The highest BCUT2D eigenvalue weighted by Gasteiger charge is 1.86. The molecule has 0 aliphatic carbocycles. The van der Waals surface area contributed by atoms with Crippen LogP contribution in [0.25, 0.3) is 0 Å². The minimum absolute atomic E-state index is 0.764. The van der Waals surface area contributed by atoms with Crippen LogP contribution in [0.2, 0.25) is 0 Å². The molecule has 0 spiro atoms. The van der Waals surface area contributed by atoms with Crippen molar-refractivity contribution in [1.29, 1.82) is 0 Å².